The zero-order chi connectivity index (χ0) is 53.3. The Morgan fingerprint density at radius 1 is 0.411 bits per heavy atom. The number of hydrogen-bond donors (Lipinski definition) is 6. The molecule has 6 N–H and O–H groups in total. The average Bonchev–Trinajstić information content (AvgIpc) is 3.38. The highest BCUT2D eigenvalue weighted by atomic mass is 16.8. The van der Waals surface area contributed by atoms with E-state index in [0.717, 1.165) is 57.8 Å². The summed E-state index contributed by atoms with van der Waals surface area (Å²) in [6.45, 7) is 4.69. The van der Waals surface area contributed by atoms with Gasteiger partial charge < -0.3 is 63.8 Å². The molecule has 0 bridgehead atoms. The molecule has 0 saturated carbocycles. The molecule has 0 unspecified atom stereocenters. The van der Waals surface area contributed by atoms with Gasteiger partial charge in [-0.3, -0.25) is 14.4 Å². The van der Waals surface area contributed by atoms with Crippen LogP contribution in [-0.2, 0) is 47.5 Å². The van der Waals surface area contributed by atoms with Crippen LogP contribution in [0.25, 0.3) is 0 Å². The van der Waals surface area contributed by atoms with Crippen LogP contribution in [-0.4, -0.2) is 142 Å². The first-order valence-corrected chi connectivity index (χ1v) is 29.6. The fourth-order valence-corrected chi connectivity index (χ4v) is 9.53. The van der Waals surface area contributed by atoms with Crippen LogP contribution in [0.4, 0.5) is 0 Å². The summed E-state index contributed by atoms with van der Waals surface area (Å²) in [4.78, 5) is 39.1. The molecule has 2 fully saturated rings. The fourth-order valence-electron chi connectivity index (χ4n) is 9.53. The normalized spacial score (nSPS) is 24.6. The number of carbonyl (C=O) groups is 3. The number of esters is 3. The van der Waals surface area contributed by atoms with Crippen molar-refractivity contribution in [3.63, 3.8) is 0 Å². The van der Waals surface area contributed by atoms with Crippen molar-refractivity contribution >= 4 is 17.9 Å². The predicted octanol–water partition coefficient (Wildman–Crippen LogP) is 9.74. The Morgan fingerprint density at radius 3 is 1.21 bits per heavy atom. The molecule has 0 aromatic rings. The average molecular weight is 1050 g/mol. The number of aliphatic hydroxyl groups excluding tert-OH is 6. The van der Waals surface area contributed by atoms with E-state index in [-0.39, 0.29) is 25.9 Å². The van der Waals surface area contributed by atoms with Gasteiger partial charge in [-0.05, 0) is 19.3 Å². The third-order valence-corrected chi connectivity index (χ3v) is 14.3. The molecule has 2 rings (SSSR count). The molecule has 0 spiro atoms. The van der Waals surface area contributed by atoms with Gasteiger partial charge in [-0.1, -0.05) is 213 Å². The van der Waals surface area contributed by atoms with Crippen molar-refractivity contribution in [2.24, 2.45) is 0 Å². The van der Waals surface area contributed by atoms with Crippen molar-refractivity contribution < 1.29 is 78.2 Å². The molecule has 73 heavy (non-hydrogen) atoms. The summed E-state index contributed by atoms with van der Waals surface area (Å²) >= 11 is 0. The van der Waals surface area contributed by atoms with E-state index in [9.17, 15) is 45.0 Å². The number of hydrogen-bond acceptors (Lipinski definition) is 16. The lowest BCUT2D eigenvalue weighted by molar-refractivity contribution is -0.368. The molecule has 16 heteroatoms. The predicted molar refractivity (Wildman–Crippen MR) is 280 cm³/mol. The minimum absolute atomic E-state index is 0.139. The smallest absolute Gasteiger partial charge is 0.306 e. The monoisotopic (exact) mass is 1050 g/mol. The van der Waals surface area contributed by atoms with Gasteiger partial charge in [0.25, 0.3) is 0 Å². The zero-order valence-electron chi connectivity index (χ0n) is 45.9. The Morgan fingerprint density at radius 2 is 0.781 bits per heavy atom. The summed E-state index contributed by atoms with van der Waals surface area (Å²) in [5.74, 6) is -1.46. The molecule has 2 heterocycles. The first-order chi connectivity index (χ1) is 35.5. The Kier molecular flexibility index (Phi) is 40.5. The van der Waals surface area contributed by atoms with E-state index < -0.39 is 105 Å². The molecule has 2 aliphatic rings. The fraction of sp³-hybridized carbons (Fsp3) is 0.947. The molecule has 0 amide bonds. The molecule has 11 atom stereocenters. The van der Waals surface area contributed by atoms with Gasteiger partial charge in [0.15, 0.2) is 18.7 Å². The molecule has 16 nitrogen and oxygen atoms in total. The van der Waals surface area contributed by atoms with Crippen molar-refractivity contribution in [1.82, 2.24) is 0 Å². The van der Waals surface area contributed by atoms with Crippen LogP contribution >= 0.6 is 0 Å². The van der Waals surface area contributed by atoms with E-state index in [4.69, 9.17) is 33.2 Å². The van der Waals surface area contributed by atoms with Crippen LogP contribution in [0.1, 0.15) is 252 Å². The lowest BCUT2D eigenvalue weighted by Crippen LogP contribution is -2.65. The van der Waals surface area contributed by atoms with Crippen molar-refractivity contribution in [1.29, 1.82) is 0 Å². The maximum atomic E-state index is 13.3. The molecule has 0 aromatic carbocycles. The number of aliphatic hydroxyl groups is 6. The molecule has 430 valence electrons. The van der Waals surface area contributed by atoms with Crippen LogP contribution in [0.5, 0.6) is 0 Å². The number of unbranched alkanes of at least 4 members (excludes halogenated alkanes) is 30. The summed E-state index contributed by atoms with van der Waals surface area (Å²) < 4.78 is 40.6. The Labute approximate surface area is 440 Å². The maximum absolute atomic E-state index is 13.3. The van der Waals surface area contributed by atoms with Crippen LogP contribution < -0.4 is 0 Å². The minimum Gasteiger partial charge on any atom is -0.463 e. The molecule has 0 radical (unpaired) electrons. The van der Waals surface area contributed by atoms with Gasteiger partial charge in [0.2, 0.25) is 0 Å². The lowest BCUT2D eigenvalue weighted by Gasteiger charge is -2.46. The van der Waals surface area contributed by atoms with E-state index >= 15 is 0 Å². The van der Waals surface area contributed by atoms with Crippen LogP contribution in [0.2, 0.25) is 0 Å². The molecular weight excluding hydrogens is 941 g/mol. The van der Waals surface area contributed by atoms with Crippen LogP contribution in [0.3, 0.4) is 0 Å². The quantitative estimate of drug-likeness (QED) is 0.0189. The van der Waals surface area contributed by atoms with Gasteiger partial charge in [0.05, 0.1) is 13.2 Å². The van der Waals surface area contributed by atoms with Gasteiger partial charge in [0, 0.05) is 19.3 Å². The first-order valence-electron chi connectivity index (χ1n) is 29.6. The minimum atomic E-state index is -1.86. The third-order valence-electron chi connectivity index (χ3n) is 14.3. The summed E-state index contributed by atoms with van der Waals surface area (Å²) in [6.07, 6.45) is 20.0. The second-order valence-corrected chi connectivity index (χ2v) is 21.0. The SMILES string of the molecule is CCCCCCCCCCCCCC(=O)OC[C@H](CO[C@H]1O[C@H](COC(=O)CCCCCCCCCCCCC)[C@@H](O)[C@H](O)[C@H]1O[C@H]1O[C@H](CO)[C@@H](O)[C@H](O)[C@H]1O)OC(=O)CCCCCCCCCCCCC. The number of ether oxygens (including phenoxy) is 7. The van der Waals surface area contributed by atoms with Gasteiger partial charge in [-0.25, -0.2) is 0 Å². The highest BCUT2D eigenvalue weighted by Gasteiger charge is 2.51. The molecule has 2 saturated heterocycles. The van der Waals surface area contributed by atoms with Gasteiger partial charge in [-0.2, -0.15) is 0 Å². The summed E-state index contributed by atoms with van der Waals surface area (Å²) in [5, 5.41) is 64.3. The van der Waals surface area contributed by atoms with E-state index in [0.29, 0.717) is 19.3 Å². The maximum Gasteiger partial charge on any atom is 0.306 e. The second kappa shape index (κ2) is 44.0. The molecular formula is C57H106O16. The molecule has 0 aliphatic carbocycles. The van der Waals surface area contributed by atoms with Crippen molar-refractivity contribution in [2.45, 2.75) is 319 Å². The van der Waals surface area contributed by atoms with Gasteiger partial charge >= 0.3 is 17.9 Å². The van der Waals surface area contributed by atoms with Crippen LogP contribution in [0.15, 0.2) is 0 Å². The Balaban J connectivity index is 2.07. The summed E-state index contributed by atoms with van der Waals surface area (Å²) in [5.41, 5.74) is 0. The van der Waals surface area contributed by atoms with Crippen molar-refractivity contribution in [2.75, 3.05) is 26.4 Å². The topological polar surface area (TPSA) is 237 Å². The van der Waals surface area contributed by atoms with Crippen molar-refractivity contribution in [3.05, 3.63) is 0 Å². The number of carbonyl (C=O) groups excluding carboxylic acids is 3. The Hall–Kier alpha value is -1.99. The van der Waals surface area contributed by atoms with E-state index in [1.54, 1.807) is 0 Å². The van der Waals surface area contributed by atoms with E-state index in [1.165, 1.54) is 135 Å². The van der Waals surface area contributed by atoms with Crippen molar-refractivity contribution in [3.8, 4) is 0 Å². The van der Waals surface area contributed by atoms with Gasteiger partial charge in [-0.15, -0.1) is 0 Å². The molecule has 0 aromatic heterocycles. The second-order valence-electron chi connectivity index (χ2n) is 21.0. The summed E-state index contributed by atoms with van der Waals surface area (Å²) in [7, 11) is 0. The zero-order valence-corrected chi connectivity index (χ0v) is 45.9. The lowest BCUT2D eigenvalue weighted by atomic mass is 9.97. The van der Waals surface area contributed by atoms with Crippen LogP contribution in [0, 0.1) is 0 Å². The third kappa shape index (κ3) is 31.1. The largest absolute Gasteiger partial charge is 0.463 e. The Bertz CT molecular complexity index is 1340. The summed E-state index contributed by atoms with van der Waals surface area (Å²) in [6, 6.07) is 0. The highest BCUT2D eigenvalue weighted by Crippen LogP contribution is 2.31. The standard InChI is InChI=1S/C57H106O16/c1-4-7-10-13-16-19-22-25-28-31-34-37-47(59)67-41-44(70-49(61)39-36-33-30-27-24-21-18-15-12-9-6-3)42-69-57-55(73-56-54(66)52(64)50(62)45(40-58)71-56)53(65)51(63)46(72-57)43-68-48(60)38-35-32-29-26-23-20-17-14-11-8-5-2/h44-46,50-58,62-66H,4-43H2,1-3H3/t44-,45-,46-,50-,51-,52+,53+,54-,55-,56-,57+/m1/s1. The number of rotatable bonds is 47. The molecule has 2 aliphatic heterocycles. The van der Waals surface area contributed by atoms with E-state index in [2.05, 4.69) is 20.8 Å². The van der Waals surface area contributed by atoms with E-state index in [1.807, 2.05) is 0 Å². The highest BCUT2D eigenvalue weighted by molar-refractivity contribution is 5.70. The van der Waals surface area contributed by atoms with Gasteiger partial charge in [0.1, 0.15) is 62.0 Å². The first kappa shape index (κ1) is 67.1.